The molecule has 0 aromatic heterocycles. The first-order valence-electron chi connectivity index (χ1n) is 7.29. The molecule has 1 aliphatic rings. The van der Waals surface area contributed by atoms with Gasteiger partial charge in [-0.2, -0.15) is 0 Å². The number of rotatable bonds is 7. The summed E-state index contributed by atoms with van der Waals surface area (Å²) in [6, 6.07) is 7.18. The lowest BCUT2D eigenvalue weighted by atomic mass is 9.98. The number of carboxylic acids is 1. The van der Waals surface area contributed by atoms with Gasteiger partial charge in [0, 0.05) is 0 Å². The lowest BCUT2D eigenvalue weighted by Gasteiger charge is -2.21. The van der Waals surface area contributed by atoms with Gasteiger partial charge in [0.1, 0.15) is 12.4 Å². The van der Waals surface area contributed by atoms with Crippen LogP contribution in [-0.2, 0) is 16.0 Å². The molecule has 4 nitrogen and oxygen atoms in total. The SMILES string of the molecule is O=C(O)Cc1ccc(OCCOC2CCCCC2)cc1. The molecule has 1 aromatic carbocycles. The molecule has 4 heteroatoms. The van der Waals surface area contributed by atoms with E-state index in [-0.39, 0.29) is 6.42 Å². The number of hydrogen-bond donors (Lipinski definition) is 1. The van der Waals surface area contributed by atoms with Gasteiger partial charge in [0.15, 0.2) is 0 Å². The van der Waals surface area contributed by atoms with Crippen LogP contribution in [0.5, 0.6) is 5.75 Å². The van der Waals surface area contributed by atoms with Crippen molar-refractivity contribution in [2.45, 2.75) is 44.6 Å². The summed E-state index contributed by atoms with van der Waals surface area (Å²) in [5.74, 6) is -0.0640. The lowest BCUT2D eigenvalue weighted by Crippen LogP contribution is -2.19. The van der Waals surface area contributed by atoms with Crippen LogP contribution in [0.2, 0.25) is 0 Å². The number of benzene rings is 1. The van der Waals surface area contributed by atoms with E-state index in [1.165, 1.54) is 32.1 Å². The van der Waals surface area contributed by atoms with E-state index in [0.29, 0.717) is 19.3 Å². The molecular weight excluding hydrogens is 256 g/mol. The summed E-state index contributed by atoms with van der Waals surface area (Å²) < 4.78 is 11.4. The van der Waals surface area contributed by atoms with E-state index >= 15 is 0 Å². The molecule has 0 aliphatic heterocycles. The summed E-state index contributed by atoms with van der Waals surface area (Å²) in [7, 11) is 0. The molecule has 1 saturated carbocycles. The maximum atomic E-state index is 10.6. The van der Waals surface area contributed by atoms with Crippen LogP contribution < -0.4 is 4.74 Å². The Balaban J connectivity index is 1.64. The fourth-order valence-electron chi connectivity index (χ4n) is 2.48. The minimum atomic E-state index is -0.820. The van der Waals surface area contributed by atoms with Crippen molar-refractivity contribution in [2.24, 2.45) is 0 Å². The standard InChI is InChI=1S/C16H22O4/c17-16(18)12-13-6-8-15(9-7-13)20-11-10-19-14-4-2-1-3-5-14/h6-9,14H,1-5,10-12H2,(H,17,18). The molecule has 0 unspecified atom stereocenters. The van der Waals surface area contributed by atoms with Crippen molar-refractivity contribution in [1.82, 2.24) is 0 Å². The third-order valence-corrected chi connectivity index (χ3v) is 3.54. The van der Waals surface area contributed by atoms with Gasteiger partial charge in [-0.3, -0.25) is 4.79 Å². The molecule has 1 aromatic rings. The van der Waals surface area contributed by atoms with Crippen LogP contribution in [0.1, 0.15) is 37.7 Å². The zero-order chi connectivity index (χ0) is 14.2. The molecule has 1 aliphatic carbocycles. The number of carboxylic acid groups (broad SMARTS) is 1. The van der Waals surface area contributed by atoms with E-state index in [4.69, 9.17) is 14.6 Å². The van der Waals surface area contributed by atoms with Crippen LogP contribution in [0.15, 0.2) is 24.3 Å². The van der Waals surface area contributed by atoms with Gasteiger partial charge in [0.25, 0.3) is 0 Å². The predicted octanol–water partition coefficient (Wildman–Crippen LogP) is 3.04. The molecular formula is C16H22O4. The van der Waals surface area contributed by atoms with Gasteiger partial charge in [0.2, 0.25) is 0 Å². The summed E-state index contributed by atoms with van der Waals surface area (Å²) in [6.45, 7) is 1.15. The Kier molecular flexibility index (Phi) is 5.87. The highest BCUT2D eigenvalue weighted by Gasteiger charge is 2.13. The van der Waals surface area contributed by atoms with Gasteiger partial charge in [-0.15, -0.1) is 0 Å². The summed E-state index contributed by atoms with van der Waals surface area (Å²) in [5, 5.41) is 8.69. The summed E-state index contributed by atoms with van der Waals surface area (Å²) in [5.41, 5.74) is 0.781. The van der Waals surface area contributed by atoms with E-state index in [1.807, 2.05) is 0 Å². The second-order valence-electron chi connectivity index (χ2n) is 5.19. The van der Waals surface area contributed by atoms with Crippen molar-refractivity contribution in [3.63, 3.8) is 0 Å². The molecule has 0 radical (unpaired) electrons. The van der Waals surface area contributed by atoms with Crippen molar-refractivity contribution in [3.8, 4) is 5.75 Å². The van der Waals surface area contributed by atoms with Crippen LogP contribution in [0, 0.1) is 0 Å². The average Bonchev–Trinajstić information content (AvgIpc) is 2.46. The molecule has 0 spiro atoms. The topological polar surface area (TPSA) is 55.8 Å². The van der Waals surface area contributed by atoms with Crippen LogP contribution in [0.3, 0.4) is 0 Å². The van der Waals surface area contributed by atoms with E-state index in [2.05, 4.69) is 0 Å². The first kappa shape index (κ1) is 14.9. The summed E-state index contributed by atoms with van der Waals surface area (Å²) in [6.07, 6.45) is 6.68. The van der Waals surface area contributed by atoms with Crippen molar-refractivity contribution in [3.05, 3.63) is 29.8 Å². The fraction of sp³-hybridized carbons (Fsp3) is 0.562. The predicted molar refractivity (Wildman–Crippen MR) is 76.1 cm³/mol. The zero-order valence-corrected chi connectivity index (χ0v) is 11.7. The van der Waals surface area contributed by atoms with Crippen LogP contribution >= 0.6 is 0 Å². The lowest BCUT2D eigenvalue weighted by molar-refractivity contribution is -0.136. The first-order chi connectivity index (χ1) is 9.74. The van der Waals surface area contributed by atoms with E-state index in [9.17, 15) is 4.79 Å². The highest BCUT2D eigenvalue weighted by molar-refractivity contribution is 5.70. The normalized spacial score (nSPS) is 16.0. The Hall–Kier alpha value is -1.55. The molecule has 0 amide bonds. The van der Waals surface area contributed by atoms with Crippen molar-refractivity contribution in [1.29, 1.82) is 0 Å². The first-order valence-corrected chi connectivity index (χ1v) is 7.29. The molecule has 0 atom stereocenters. The van der Waals surface area contributed by atoms with Gasteiger partial charge in [-0.1, -0.05) is 31.4 Å². The molecule has 1 fully saturated rings. The molecule has 0 bridgehead atoms. The Morgan fingerprint density at radius 3 is 2.45 bits per heavy atom. The Bertz CT molecular complexity index is 407. The molecule has 0 saturated heterocycles. The van der Waals surface area contributed by atoms with Crippen LogP contribution in [0.4, 0.5) is 0 Å². The van der Waals surface area contributed by atoms with Gasteiger partial charge in [-0.25, -0.2) is 0 Å². The van der Waals surface area contributed by atoms with Gasteiger partial charge in [0.05, 0.1) is 19.1 Å². The molecule has 110 valence electrons. The van der Waals surface area contributed by atoms with Gasteiger partial charge >= 0.3 is 5.97 Å². The zero-order valence-electron chi connectivity index (χ0n) is 11.7. The highest BCUT2D eigenvalue weighted by atomic mass is 16.5. The molecule has 20 heavy (non-hydrogen) atoms. The minimum Gasteiger partial charge on any atom is -0.491 e. The maximum absolute atomic E-state index is 10.6. The average molecular weight is 278 g/mol. The largest absolute Gasteiger partial charge is 0.491 e. The monoisotopic (exact) mass is 278 g/mol. The number of aliphatic carboxylic acids is 1. The fourth-order valence-corrected chi connectivity index (χ4v) is 2.48. The maximum Gasteiger partial charge on any atom is 0.307 e. The van der Waals surface area contributed by atoms with E-state index < -0.39 is 5.97 Å². The van der Waals surface area contributed by atoms with Crippen molar-refractivity contribution >= 4 is 5.97 Å². The minimum absolute atomic E-state index is 0.0467. The number of ether oxygens (including phenoxy) is 2. The van der Waals surface area contributed by atoms with Gasteiger partial charge < -0.3 is 14.6 Å². The summed E-state index contributed by atoms with van der Waals surface area (Å²) in [4.78, 5) is 10.6. The van der Waals surface area contributed by atoms with E-state index in [1.54, 1.807) is 24.3 Å². The number of carbonyl (C=O) groups is 1. The van der Waals surface area contributed by atoms with Crippen LogP contribution in [0.25, 0.3) is 0 Å². The number of hydrogen-bond acceptors (Lipinski definition) is 3. The van der Waals surface area contributed by atoms with Crippen molar-refractivity contribution < 1.29 is 19.4 Å². The highest BCUT2D eigenvalue weighted by Crippen LogP contribution is 2.20. The van der Waals surface area contributed by atoms with E-state index in [0.717, 1.165) is 11.3 Å². The molecule has 1 N–H and O–H groups in total. The molecule has 0 heterocycles. The smallest absolute Gasteiger partial charge is 0.307 e. The van der Waals surface area contributed by atoms with Crippen molar-refractivity contribution in [2.75, 3.05) is 13.2 Å². The van der Waals surface area contributed by atoms with Gasteiger partial charge in [-0.05, 0) is 30.5 Å². The third-order valence-electron chi connectivity index (χ3n) is 3.54. The summed E-state index contributed by atoms with van der Waals surface area (Å²) >= 11 is 0. The second-order valence-corrected chi connectivity index (χ2v) is 5.19. The Labute approximate surface area is 119 Å². The third kappa shape index (κ3) is 5.21. The Morgan fingerprint density at radius 1 is 1.10 bits per heavy atom. The quantitative estimate of drug-likeness (QED) is 0.779. The molecule has 2 rings (SSSR count). The Morgan fingerprint density at radius 2 is 1.80 bits per heavy atom. The van der Waals surface area contributed by atoms with Crippen LogP contribution in [-0.4, -0.2) is 30.4 Å². The second kappa shape index (κ2) is 7.90.